The zero-order valence-corrected chi connectivity index (χ0v) is 14.6. The molecule has 0 saturated carbocycles. The van der Waals surface area contributed by atoms with Crippen molar-refractivity contribution in [1.82, 2.24) is 15.5 Å². The van der Waals surface area contributed by atoms with Gasteiger partial charge in [0.25, 0.3) is 5.91 Å². The van der Waals surface area contributed by atoms with Gasteiger partial charge >= 0.3 is 0 Å². The molecule has 5 nitrogen and oxygen atoms in total. The molecule has 138 valence electrons. The number of benzene rings is 2. The number of nitrogens with one attached hydrogen (secondary N) is 1. The minimum absolute atomic E-state index is 0.132. The highest BCUT2D eigenvalue weighted by atomic mass is 19.1. The quantitative estimate of drug-likeness (QED) is 0.675. The van der Waals surface area contributed by atoms with Crippen molar-refractivity contribution in [1.29, 1.82) is 0 Å². The summed E-state index contributed by atoms with van der Waals surface area (Å²) in [6, 6.07) is 14.2. The van der Waals surface area contributed by atoms with Gasteiger partial charge in [-0.05, 0) is 25.1 Å². The van der Waals surface area contributed by atoms with Gasteiger partial charge < -0.3 is 10.1 Å². The van der Waals surface area contributed by atoms with E-state index in [9.17, 15) is 13.6 Å². The van der Waals surface area contributed by atoms with E-state index in [0.29, 0.717) is 11.9 Å². The second-order valence-corrected chi connectivity index (χ2v) is 5.85. The number of hydrogen-bond acceptors (Lipinski definition) is 4. The maximum absolute atomic E-state index is 13.5. The summed E-state index contributed by atoms with van der Waals surface area (Å²) in [6.45, 7) is 2.28. The first kappa shape index (κ1) is 18.4. The van der Waals surface area contributed by atoms with Gasteiger partial charge in [0, 0.05) is 17.7 Å². The number of aryl methyl sites for hydroxylation is 1. The number of rotatable bonds is 6. The van der Waals surface area contributed by atoms with Crippen LogP contribution in [0, 0.1) is 18.6 Å². The molecule has 0 aliphatic carbocycles. The van der Waals surface area contributed by atoms with E-state index in [2.05, 4.69) is 15.5 Å². The first-order valence-corrected chi connectivity index (χ1v) is 8.30. The van der Waals surface area contributed by atoms with E-state index in [0.717, 1.165) is 29.0 Å². The van der Waals surface area contributed by atoms with Gasteiger partial charge in [0.1, 0.15) is 18.2 Å². The Balaban J connectivity index is 1.49. The van der Waals surface area contributed by atoms with Gasteiger partial charge in [-0.2, -0.15) is 0 Å². The van der Waals surface area contributed by atoms with Crippen LogP contribution in [0.25, 0.3) is 11.3 Å². The van der Waals surface area contributed by atoms with Gasteiger partial charge in [0.15, 0.2) is 0 Å². The summed E-state index contributed by atoms with van der Waals surface area (Å²) in [7, 11) is 0. The number of carbonyl (C=O) groups excluding carboxylic acids is 1. The summed E-state index contributed by atoms with van der Waals surface area (Å²) in [5.74, 6) is -1.98. The fraction of sp³-hybridized carbons (Fsp3) is 0.150. The molecule has 0 spiro atoms. The third kappa shape index (κ3) is 4.84. The Kier molecular flexibility index (Phi) is 5.71. The number of hydrogen-bond donors (Lipinski definition) is 1. The minimum atomic E-state index is -0.911. The Hall–Kier alpha value is -3.35. The van der Waals surface area contributed by atoms with Gasteiger partial charge in [-0.15, -0.1) is 10.2 Å². The van der Waals surface area contributed by atoms with Gasteiger partial charge in [0.2, 0.25) is 5.88 Å². The van der Waals surface area contributed by atoms with E-state index in [-0.39, 0.29) is 18.7 Å². The molecule has 0 aliphatic heterocycles. The number of halogens is 2. The molecule has 0 aliphatic rings. The van der Waals surface area contributed by atoms with Crippen LogP contribution in [0.15, 0.2) is 54.6 Å². The first-order chi connectivity index (χ1) is 13.0. The second kappa shape index (κ2) is 8.35. The summed E-state index contributed by atoms with van der Waals surface area (Å²) in [5.41, 5.74) is 2.61. The lowest BCUT2D eigenvalue weighted by atomic mass is 10.1. The van der Waals surface area contributed by atoms with Crippen molar-refractivity contribution in [2.75, 3.05) is 13.2 Å². The maximum Gasteiger partial charge on any atom is 0.254 e. The van der Waals surface area contributed by atoms with E-state index in [1.165, 1.54) is 0 Å². The van der Waals surface area contributed by atoms with Crippen LogP contribution in [-0.4, -0.2) is 29.3 Å². The SMILES string of the molecule is Cc1ccc(-c2ccc(OCCNC(=O)c3ccc(F)cc3F)nn2)cc1. The molecule has 0 bridgehead atoms. The zero-order valence-electron chi connectivity index (χ0n) is 14.6. The van der Waals surface area contributed by atoms with Gasteiger partial charge in [-0.1, -0.05) is 29.8 Å². The zero-order chi connectivity index (χ0) is 19.2. The van der Waals surface area contributed by atoms with Gasteiger partial charge in [-0.3, -0.25) is 4.79 Å². The van der Waals surface area contributed by atoms with Crippen molar-refractivity contribution < 1.29 is 18.3 Å². The second-order valence-electron chi connectivity index (χ2n) is 5.85. The summed E-state index contributed by atoms with van der Waals surface area (Å²) in [4.78, 5) is 11.9. The Morgan fingerprint density at radius 2 is 1.81 bits per heavy atom. The molecule has 1 N–H and O–H groups in total. The normalized spacial score (nSPS) is 10.5. The molecule has 1 aromatic heterocycles. The number of nitrogens with zero attached hydrogens (tertiary/aromatic N) is 2. The minimum Gasteiger partial charge on any atom is -0.475 e. The summed E-state index contributed by atoms with van der Waals surface area (Å²) >= 11 is 0. The van der Waals surface area contributed by atoms with Crippen LogP contribution in [0.3, 0.4) is 0 Å². The third-order valence-electron chi connectivity index (χ3n) is 3.80. The van der Waals surface area contributed by atoms with E-state index < -0.39 is 17.5 Å². The Bertz CT molecular complexity index is 929. The molecule has 0 fully saturated rings. The molecule has 0 unspecified atom stereocenters. The lowest BCUT2D eigenvalue weighted by Crippen LogP contribution is -2.29. The first-order valence-electron chi connectivity index (χ1n) is 8.30. The number of amides is 1. The Morgan fingerprint density at radius 1 is 1.04 bits per heavy atom. The van der Waals surface area contributed by atoms with Crippen LogP contribution in [0.4, 0.5) is 8.78 Å². The van der Waals surface area contributed by atoms with Crippen molar-refractivity contribution >= 4 is 5.91 Å². The van der Waals surface area contributed by atoms with Crippen molar-refractivity contribution in [3.63, 3.8) is 0 Å². The maximum atomic E-state index is 13.5. The van der Waals surface area contributed by atoms with Crippen molar-refractivity contribution in [3.8, 4) is 17.1 Å². The highest BCUT2D eigenvalue weighted by molar-refractivity contribution is 5.94. The Labute approximate surface area is 155 Å². The van der Waals surface area contributed by atoms with Crippen LogP contribution in [0.1, 0.15) is 15.9 Å². The molecule has 1 heterocycles. The van der Waals surface area contributed by atoms with Crippen molar-refractivity contribution in [3.05, 3.63) is 77.4 Å². The number of carbonyl (C=O) groups is 1. The standard InChI is InChI=1S/C20H17F2N3O2/c1-13-2-4-14(5-3-13)18-8-9-19(25-24-18)27-11-10-23-20(26)16-7-6-15(21)12-17(16)22/h2-9,12H,10-11H2,1H3,(H,23,26). The van der Waals surface area contributed by atoms with Crippen LogP contribution < -0.4 is 10.1 Å². The average molecular weight is 369 g/mol. The summed E-state index contributed by atoms with van der Waals surface area (Å²) in [5, 5.41) is 10.6. The molecule has 2 aromatic carbocycles. The average Bonchev–Trinajstić information content (AvgIpc) is 2.66. The highest BCUT2D eigenvalue weighted by Gasteiger charge is 2.12. The molecule has 27 heavy (non-hydrogen) atoms. The monoisotopic (exact) mass is 369 g/mol. The molecule has 0 radical (unpaired) electrons. The number of aromatic nitrogens is 2. The molecule has 1 amide bonds. The van der Waals surface area contributed by atoms with Gasteiger partial charge in [0.05, 0.1) is 17.8 Å². The predicted octanol–water partition coefficient (Wildman–Crippen LogP) is 3.54. The van der Waals surface area contributed by atoms with Crippen molar-refractivity contribution in [2.24, 2.45) is 0 Å². The lowest BCUT2D eigenvalue weighted by molar-refractivity contribution is 0.0942. The largest absolute Gasteiger partial charge is 0.475 e. The molecular formula is C20H17F2N3O2. The van der Waals surface area contributed by atoms with E-state index >= 15 is 0 Å². The van der Waals surface area contributed by atoms with E-state index in [1.54, 1.807) is 12.1 Å². The molecular weight excluding hydrogens is 352 g/mol. The molecule has 3 rings (SSSR count). The third-order valence-corrected chi connectivity index (χ3v) is 3.80. The smallest absolute Gasteiger partial charge is 0.254 e. The van der Waals surface area contributed by atoms with E-state index in [1.807, 2.05) is 31.2 Å². The van der Waals surface area contributed by atoms with Crippen LogP contribution in [-0.2, 0) is 0 Å². The molecule has 3 aromatic rings. The van der Waals surface area contributed by atoms with Gasteiger partial charge in [-0.25, -0.2) is 8.78 Å². The fourth-order valence-corrected chi connectivity index (χ4v) is 2.36. The van der Waals surface area contributed by atoms with Crippen LogP contribution >= 0.6 is 0 Å². The topological polar surface area (TPSA) is 64.1 Å². The van der Waals surface area contributed by atoms with Crippen LogP contribution in [0.5, 0.6) is 5.88 Å². The Morgan fingerprint density at radius 3 is 2.48 bits per heavy atom. The number of ether oxygens (including phenoxy) is 1. The summed E-state index contributed by atoms with van der Waals surface area (Å²) in [6.07, 6.45) is 0. The molecule has 0 saturated heterocycles. The van der Waals surface area contributed by atoms with Crippen molar-refractivity contribution in [2.45, 2.75) is 6.92 Å². The van der Waals surface area contributed by atoms with E-state index in [4.69, 9.17) is 4.74 Å². The predicted molar refractivity (Wildman–Crippen MR) is 96.4 cm³/mol. The molecule has 0 atom stereocenters. The fourth-order valence-electron chi connectivity index (χ4n) is 2.36. The molecule has 7 heteroatoms. The lowest BCUT2D eigenvalue weighted by Gasteiger charge is -2.08. The highest BCUT2D eigenvalue weighted by Crippen LogP contribution is 2.18. The summed E-state index contributed by atoms with van der Waals surface area (Å²) < 4.78 is 31.8. The van der Waals surface area contributed by atoms with Crippen LogP contribution in [0.2, 0.25) is 0 Å².